The van der Waals surface area contributed by atoms with Crippen LogP contribution in [0.3, 0.4) is 0 Å². The highest BCUT2D eigenvalue weighted by molar-refractivity contribution is 6.48. The van der Waals surface area contributed by atoms with E-state index < -0.39 is 7.05 Å². The number of aromatic nitrogens is 4. The molecule has 0 amide bonds. The maximum atomic E-state index is 10.2. The van der Waals surface area contributed by atoms with Crippen LogP contribution in [-0.4, -0.2) is 31.1 Å². The average molecular weight is 339 g/mol. The van der Waals surface area contributed by atoms with Gasteiger partial charge in [-0.15, -0.1) is 11.6 Å². The van der Waals surface area contributed by atoms with E-state index in [1.165, 1.54) is 0 Å². The van der Waals surface area contributed by atoms with Gasteiger partial charge in [0.15, 0.2) is 0 Å². The van der Waals surface area contributed by atoms with Crippen LogP contribution in [0.1, 0.15) is 11.6 Å². The van der Waals surface area contributed by atoms with Crippen molar-refractivity contribution in [2.75, 3.05) is 0 Å². The number of imidazole rings is 2. The lowest BCUT2D eigenvalue weighted by molar-refractivity contribution is 0.558. The largest absolute Gasteiger partial charge is 0.432 e. The zero-order valence-electron chi connectivity index (χ0n) is 13.2. The number of fused-ring (bicyclic) bond motifs is 2. The summed E-state index contributed by atoms with van der Waals surface area (Å²) in [7, 11) is -0.665. The molecular weight excluding hydrogens is 322 g/mol. The van der Waals surface area contributed by atoms with Gasteiger partial charge in [-0.25, -0.2) is 9.97 Å². The fourth-order valence-corrected chi connectivity index (χ4v) is 3.37. The van der Waals surface area contributed by atoms with E-state index in [-0.39, 0.29) is 0 Å². The number of benzene rings is 2. The lowest BCUT2D eigenvalue weighted by Crippen LogP contribution is -2.23. The molecule has 2 heterocycles. The summed E-state index contributed by atoms with van der Waals surface area (Å²) in [6.45, 7) is 2.24. The SMILES string of the molecule is CB(O)n1c(Cn2c(CCl)nc3ccccc32)nc2ccccc21. The number of hydrogen-bond donors (Lipinski definition) is 1. The monoisotopic (exact) mass is 338 g/mol. The highest BCUT2D eigenvalue weighted by atomic mass is 35.5. The Morgan fingerprint density at radius 1 is 0.958 bits per heavy atom. The van der Waals surface area contributed by atoms with Crippen molar-refractivity contribution in [3.63, 3.8) is 0 Å². The zero-order valence-corrected chi connectivity index (χ0v) is 14.0. The van der Waals surface area contributed by atoms with Crippen molar-refractivity contribution in [1.82, 2.24) is 19.0 Å². The fourth-order valence-electron chi connectivity index (χ4n) is 3.17. The second-order valence-electron chi connectivity index (χ2n) is 5.76. The van der Waals surface area contributed by atoms with Crippen molar-refractivity contribution >= 4 is 40.7 Å². The molecule has 4 rings (SSSR count). The van der Waals surface area contributed by atoms with Gasteiger partial charge < -0.3 is 14.1 Å². The Morgan fingerprint density at radius 3 is 2.21 bits per heavy atom. The van der Waals surface area contributed by atoms with Gasteiger partial charge in [0.1, 0.15) is 11.6 Å². The van der Waals surface area contributed by atoms with Crippen molar-refractivity contribution in [2.45, 2.75) is 19.2 Å². The molecule has 2 aromatic heterocycles. The molecule has 0 unspecified atom stereocenters. The highest BCUT2D eigenvalue weighted by Gasteiger charge is 2.19. The topological polar surface area (TPSA) is 55.9 Å². The van der Waals surface area contributed by atoms with Gasteiger partial charge in [-0.3, -0.25) is 0 Å². The third-order valence-corrected chi connectivity index (χ3v) is 4.43. The summed E-state index contributed by atoms with van der Waals surface area (Å²) >= 11 is 6.09. The number of hydrogen-bond acceptors (Lipinski definition) is 3. The van der Waals surface area contributed by atoms with Crippen LogP contribution >= 0.6 is 11.6 Å². The Hall–Kier alpha value is -2.31. The van der Waals surface area contributed by atoms with Crippen molar-refractivity contribution in [2.24, 2.45) is 0 Å². The molecule has 0 atom stereocenters. The zero-order chi connectivity index (χ0) is 16.7. The highest BCUT2D eigenvalue weighted by Crippen LogP contribution is 2.22. The van der Waals surface area contributed by atoms with Crippen molar-refractivity contribution < 1.29 is 5.02 Å². The van der Waals surface area contributed by atoms with Crippen LogP contribution in [0.4, 0.5) is 0 Å². The summed E-state index contributed by atoms with van der Waals surface area (Å²) in [6.07, 6.45) is 0. The normalized spacial score (nSPS) is 11.5. The van der Waals surface area contributed by atoms with E-state index in [1.54, 1.807) is 6.82 Å². The minimum absolute atomic E-state index is 0.323. The van der Waals surface area contributed by atoms with E-state index in [0.717, 1.165) is 33.7 Å². The van der Waals surface area contributed by atoms with Gasteiger partial charge in [-0.1, -0.05) is 24.3 Å². The Bertz CT molecular complexity index is 1020. The summed E-state index contributed by atoms with van der Waals surface area (Å²) in [5.74, 6) is 1.90. The maximum absolute atomic E-state index is 10.2. The molecule has 4 aromatic rings. The van der Waals surface area contributed by atoms with E-state index in [9.17, 15) is 5.02 Å². The minimum Gasteiger partial charge on any atom is -0.432 e. The first-order valence-electron chi connectivity index (χ1n) is 7.83. The van der Waals surface area contributed by atoms with Gasteiger partial charge in [0.25, 0.3) is 0 Å². The summed E-state index contributed by atoms with van der Waals surface area (Å²) < 4.78 is 3.91. The molecule has 2 aromatic carbocycles. The summed E-state index contributed by atoms with van der Waals surface area (Å²) in [4.78, 5) is 9.29. The van der Waals surface area contributed by atoms with E-state index in [1.807, 2.05) is 53.0 Å². The fraction of sp³-hybridized carbons (Fsp3) is 0.176. The molecule has 24 heavy (non-hydrogen) atoms. The van der Waals surface area contributed by atoms with Crippen LogP contribution in [0.5, 0.6) is 0 Å². The number of nitrogens with zero attached hydrogens (tertiary/aromatic N) is 4. The Balaban J connectivity index is 1.90. The Morgan fingerprint density at radius 2 is 1.54 bits per heavy atom. The molecule has 7 heteroatoms. The summed E-state index contributed by atoms with van der Waals surface area (Å²) in [6, 6.07) is 15.7. The predicted molar refractivity (Wildman–Crippen MR) is 97.4 cm³/mol. The quantitative estimate of drug-likeness (QED) is 0.459. The molecule has 0 aliphatic rings. The van der Waals surface area contributed by atoms with Crippen molar-refractivity contribution in [1.29, 1.82) is 0 Å². The van der Waals surface area contributed by atoms with Crippen LogP contribution in [0.15, 0.2) is 48.5 Å². The molecule has 120 valence electrons. The predicted octanol–water partition coefficient (Wildman–Crippen LogP) is 3.13. The molecule has 1 N–H and O–H groups in total. The van der Waals surface area contributed by atoms with Gasteiger partial charge in [-0.05, 0) is 31.1 Å². The standard InChI is InChI=1S/C17H16BClN4O/c1-18(24)23-15-9-5-3-7-13(15)21-17(23)11-22-14-8-4-2-6-12(14)20-16(22)10-19/h2-9,24H,10-11H2,1H3. The van der Waals surface area contributed by atoms with Gasteiger partial charge in [0.05, 0.1) is 34.5 Å². The molecule has 0 saturated carbocycles. The van der Waals surface area contributed by atoms with Crippen LogP contribution in [0.2, 0.25) is 6.82 Å². The minimum atomic E-state index is -0.665. The Labute approximate surface area is 144 Å². The van der Waals surface area contributed by atoms with Gasteiger partial charge in [-0.2, -0.15) is 0 Å². The van der Waals surface area contributed by atoms with Crippen molar-refractivity contribution in [3.05, 3.63) is 60.2 Å². The second kappa shape index (κ2) is 5.96. The smallest absolute Gasteiger partial charge is 0.415 e. The van der Waals surface area contributed by atoms with Crippen molar-refractivity contribution in [3.8, 4) is 0 Å². The molecular formula is C17H16BClN4O. The van der Waals surface area contributed by atoms with E-state index >= 15 is 0 Å². The number of rotatable bonds is 4. The van der Waals surface area contributed by atoms with E-state index in [4.69, 9.17) is 16.6 Å². The van der Waals surface area contributed by atoms with Gasteiger partial charge >= 0.3 is 7.05 Å². The second-order valence-corrected chi connectivity index (χ2v) is 6.02. The third-order valence-electron chi connectivity index (χ3n) is 4.20. The number of alkyl halides is 1. The molecule has 0 aliphatic carbocycles. The van der Waals surface area contributed by atoms with E-state index in [2.05, 4.69) is 9.55 Å². The molecule has 0 bridgehead atoms. The molecule has 5 nitrogen and oxygen atoms in total. The van der Waals surface area contributed by atoms with Crippen LogP contribution in [0, 0.1) is 0 Å². The first-order chi connectivity index (χ1) is 11.7. The summed E-state index contributed by atoms with van der Waals surface area (Å²) in [5, 5.41) is 10.2. The molecule has 0 radical (unpaired) electrons. The molecule has 0 aliphatic heterocycles. The van der Waals surface area contributed by atoms with Crippen LogP contribution in [0.25, 0.3) is 22.1 Å². The van der Waals surface area contributed by atoms with Gasteiger partial charge in [0, 0.05) is 0 Å². The van der Waals surface area contributed by atoms with E-state index in [0.29, 0.717) is 12.4 Å². The number of halogens is 1. The Kier molecular flexibility index (Phi) is 3.78. The van der Waals surface area contributed by atoms with Crippen LogP contribution in [-0.2, 0) is 12.4 Å². The molecule has 0 fully saturated rings. The number of para-hydroxylation sites is 4. The molecule has 0 spiro atoms. The van der Waals surface area contributed by atoms with Gasteiger partial charge in [0.2, 0.25) is 0 Å². The first kappa shape index (κ1) is 15.2. The summed E-state index contributed by atoms with van der Waals surface area (Å²) in [5.41, 5.74) is 3.70. The lowest BCUT2D eigenvalue weighted by atomic mass is 9.87. The maximum Gasteiger partial charge on any atom is 0.415 e. The lowest BCUT2D eigenvalue weighted by Gasteiger charge is -2.12. The average Bonchev–Trinajstić information content (AvgIpc) is 3.13. The first-order valence-corrected chi connectivity index (χ1v) is 8.36. The molecule has 0 saturated heterocycles. The third kappa shape index (κ3) is 2.39. The van der Waals surface area contributed by atoms with Crippen LogP contribution < -0.4 is 0 Å².